The summed E-state index contributed by atoms with van der Waals surface area (Å²) in [7, 11) is 1.67. The first-order chi connectivity index (χ1) is 12.8. The Hall–Kier alpha value is -2.75. The molecule has 1 aliphatic rings. The van der Waals surface area contributed by atoms with Crippen molar-refractivity contribution in [2.45, 2.75) is 32.1 Å². The molecule has 0 bridgehead atoms. The average Bonchev–Trinajstić information content (AvgIpc) is 3.06. The fourth-order valence-corrected chi connectivity index (χ4v) is 3.87. The number of H-pyrrole nitrogens is 1. The van der Waals surface area contributed by atoms with Gasteiger partial charge in [-0.2, -0.15) is 0 Å². The van der Waals surface area contributed by atoms with Gasteiger partial charge in [0.1, 0.15) is 5.75 Å². The second-order valence-corrected chi connectivity index (χ2v) is 6.87. The molecule has 0 spiro atoms. The van der Waals surface area contributed by atoms with Crippen molar-refractivity contribution in [3.63, 3.8) is 0 Å². The first-order valence-corrected chi connectivity index (χ1v) is 9.30. The summed E-state index contributed by atoms with van der Waals surface area (Å²) in [6.07, 6.45) is 5.45. The van der Waals surface area contributed by atoms with Crippen LogP contribution in [0.25, 0.3) is 10.9 Å². The van der Waals surface area contributed by atoms with Gasteiger partial charge in [-0.05, 0) is 67.5 Å². The smallest absolute Gasteiger partial charge is 0.251 e. The largest absolute Gasteiger partial charge is 0.496 e. The van der Waals surface area contributed by atoms with E-state index in [4.69, 9.17) is 4.74 Å². The van der Waals surface area contributed by atoms with E-state index < -0.39 is 0 Å². The van der Waals surface area contributed by atoms with Gasteiger partial charge in [-0.3, -0.25) is 4.79 Å². The minimum atomic E-state index is -0.0208. The molecule has 2 aromatic carbocycles. The lowest BCUT2D eigenvalue weighted by Crippen LogP contribution is -2.25. The number of amides is 1. The number of carbonyl (C=O) groups excluding carboxylic acids is 1. The van der Waals surface area contributed by atoms with Crippen LogP contribution in [0.5, 0.6) is 5.75 Å². The molecule has 0 fully saturated rings. The van der Waals surface area contributed by atoms with Gasteiger partial charge in [0.15, 0.2) is 0 Å². The summed E-state index contributed by atoms with van der Waals surface area (Å²) < 4.78 is 5.36. The van der Waals surface area contributed by atoms with Gasteiger partial charge in [0.2, 0.25) is 0 Å². The van der Waals surface area contributed by atoms with E-state index >= 15 is 0 Å². The predicted octanol–water partition coefficient (Wildman–Crippen LogP) is 4.03. The molecule has 4 rings (SSSR count). The molecule has 0 saturated carbocycles. The maximum atomic E-state index is 12.6. The minimum Gasteiger partial charge on any atom is -0.496 e. The van der Waals surface area contributed by atoms with E-state index in [-0.39, 0.29) is 5.91 Å². The minimum absolute atomic E-state index is 0.0208. The molecule has 0 aliphatic heterocycles. The molecule has 1 aliphatic carbocycles. The van der Waals surface area contributed by atoms with Crippen LogP contribution in [-0.4, -0.2) is 24.5 Å². The summed E-state index contributed by atoms with van der Waals surface area (Å²) in [6.45, 7) is 0.586. The fourth-order valence-electron chi connectivity index (χ4n) is 3.87. The third-order valence-corrected chi connectivity index (χ3v) is 5.23. The highest BCUT2D eigenvalue weighted by atomic mass is 16.5. The quantitative estimate of drug-likeness (QED) is 0.731. The van der Waals surface area contributed by atoms with Gasteiger partial charge >= 0.3 is 0 Å². The Morgan fingerprint density at radius 2 is 2.00 bits per heavy atom. The van der Waals surface area contributed by atoms with Crippen molar-refractivity contribution >= 4 is 16.8 Å². The molecular formula is C22H24N2O2. The van der Waals surface area contributed by atoms with Crippen molar-refractivity contribution < 1.29 is 9.53 Å². The zero-order valence-electron chi connectivity index (χ0n) is 15.1. The number of para-hydroxylation sites is 1. The van der Waals surface area contributed by atoms with Crippen molar-refractivity contribution in [2.75, 3.05) is 13.7 Å². The second-order valence-electron chi connectivity index (χ2n) is 6.87. The zero-order chi connectivity index (χ0) is 17.9. The van der Waals surface area contributed by atoms with Gasteiger partial charge in [0, 0.05) is 28.7 Å². The number of aromatic amines is 1. The number of rotatable bonds is 5. The number of ether oxygens (including phenoxy) is 1. The third-order valence-electron chi connectivity index (χ3n) is 5.23. The molecule has 0 saturated heterocycles. The second kappa shape index (κ2) is 7.24. The molecule has 0 unspecified atom stereocenters. The van der Waals surface area contributed by atoms with E-state index in [2.05, 4.69) is 10.3 Å². The standard InChI is InChI=1S/C22H24N2O2/c1-26-21-9-5-2-6-15(21)12-13-23-22(25)16-10-11-20-18(14-16)17-7-3-4-8-19(17)24-20/h2,5-6,9-11,14,24H,3-4,7-8,12-13H2,1H3,(H,23,25). The van der Waals surface area contributed by atoms with Crippen LogP contribution < -0.4 is 10.1 Å². The van der Waals surface area contributed by atoms with Gasteiger partial charge in [0.05, 0.1) is 7.11 Å². The first kappa shape index (κ1) is 16.7. The van der Waals surface area contributed by atoms with E-state index in [1.54, 1.807) is 7.11 Å². The molecule has 1 amide bonds. The number of aromatic nitrogens is 1. The molecule has 134 valence electrons. The van der Waals surface area contributed by atoms with Gasteiger partial charge < -0.3 is 15.0 Å². The molecule has 1 heterocycles. The van der Waals surface area contributed by atoms with Crippen LogP contribution in [0.2, 0.25) is 0 Å². The van der Waals surface area contributed by atoms with Crippen molar-refractivity contribution in [3.05, 3.63) is 64.8 Å². The number of benzene rings is 2. The topological polar surface area (TPSA) is 54.1 Å². The van der Waals surface area contributed by atoms with E-state index in [9.17, 15) is 4.79 Å². The van der Waals surface area contributed by atoms with Crippen LogP contribution in [0, 0.1) is 0 Å². The van der Waals surface area contributed by atoms with E-state index in [0.717, 1.165) is 41.7 Å². The summed E-state index contributed by atoms with van der Waals surface area (Å²) in [4.78, 5) is 16.1. The fraction of sp³-hybridized carbons (Fsp3) is 0.318. The molecule has 2 N–H and O–H groups in total. The monoisotopic (exact) mass is 348 g/mol. The van der Waals surface area contributed by atoms with Crippen LogP contribution in [0.1, 0.15) is 40.0 Å². The Labute approximate surface area is 153 Å². The zero-order valence-corrected chi connectivity index (χ0v) is 15.1. The summed E-state index contributed by atoms with van der Waals surface area (Å²) in [5, 5.41) is 4.24. The SMILES string of the molecule is COc1ccccc1CCNC(=O)c1ccc2[nH]c3c(c2c1)CCCC3. The number of hydrogen-bond acceptors (Lipinski definition) is 2. The third kappa shape index (κ3) is 3.19. The normalized spacial score (nSPS) is 13.4. The molecule has 4 heteroatoms. The van der Waals surface area contributed by atoms with E-state index in [1.807, 2.05) is 42.5 Å². The number of nitrogens with one attached hydrogen (secondary N) is 2. The highest BCUT2D eigenvalue weighted by Gasteiger charge is 2.16. The lowest BCUT2D eigenvalue weighted by Gasteiger charge is -2.11. The van der Waals surface area contributed by atoms with E-state index in [0.29, 0.717) is 6.54 Å². The summed E-state index contributed by atoms with van der Waals surface area (Å²) >= 11 is 0. The molecular weight excluding hydrogens is 324 g/mol. The summed E-state index contributed by atoms with van der Waals surface area (Å²) in [5.74, 6) is 0.842. The highest BCUT2D eigenvalue weighted by Crippen LogP contribution is 2.29. The van der Waals surface area contributed by atoms with Crippen LogP contribution >= 0.6 is 0 Å². The summed E-state index contributed by atoms with van der Waals surface area (Å²) in [6, 6.07) is 13.9. The van der Waals surface area contributed by atoms with Crippen molar-refractivity contribution in [1.29, 1.82) is 0 Å². The van der Waals surface area contributed by atoms with Crippen LogP contribution in [0.4, 0.5) is 0 Å². The van der Waals surface area contributed by atoms with Crippen LogP contribution in [-0.2, 0) is 19.3 Å². The summed E-state index contributed by atoms with van der Waals surface area (Å²) in [5.41, 5.74) is 5.72. The molecule has 1 aromatic heterocycles. The first-order valence-electron chi connectivity index (χ1n) is 9.30. The Bertz CT molecular complexity index is 942. The number of fused-ring (bicyclic) bond motifs is 3. The van der Waals surface area contributed by atoms with Gasteiger partial charge in [-0.15, -0.1) is 0 Å². The molecule has 0 atom stereocenters. The maximum Gasteiger partial charge on any atom is 0.251 e. The predicted molar refractivity (Wildman–Crippen MR) is 104 cm³/mol. The molecule has 3 aromatic rings. The van der Waals surface area contributed by atoms with Gasteiger partial charge in [-0.25, -0.2) is 0 Å². The van der Waals surface area contributed by atoms with Crippen molar-refractivity contribution in [1.82, 2.24) is 10.3 Å². The molecule has 0 radical (unpaired) electrons. The van der Waals surface area contributed by atoms with Gasteiger partial charge in [0.25, 0.3) is 5.91 Å². The van der Waals surface area contributed by atoms with Gasteiger partial charge in [-0.1, -0.05) is 18.2 Å². The number of carbonyl (C=O) groups is 1. The Balaban J connectivity index is 1.46. The number of aryl methyl sites for hydroxylation is 2. The molecule has 26 heavy (non-hydrogen) atoms. The Morgan fingerprint density at radius 3 is 2.88 bits per heavy atom. The number of methoxy groups -OCH3 is 1. The Morgan fingerprint density at radius 1 is 1.15 bits per heavy atom. The maximum absolute atomic E-state index is 12.6. The van der Waals surface area contributed by atoms with Crippen molar-refractivity contribution in [3.8, 4) is 5.75 Å². The van der Waals surface area contributed by atoms with Crippen LogP contribution in [0.15, 0.2) is 42.5 Å². The van der Waals surface area contributed by atoms with Crippen LogP contribution in [0.3, 0.4) is 0 Å². The highest BCUT2D eigenvalue weighted by molar-refractivity contribution is 5.99. The van der Waals surface area contributed by atoms with Crippen molar-refractivity contribution in [2.24, 2.45) is 0 Å². The number of hydrogen-bond donors (Lipinski definition) is 2. The Kier molecular flexibility index (Phi) is 4.65. The molecule has 4 nitrogen and oxygen atoms in total. The van der Waals surface area contributed by atoms with E-state index in [1.165, 1.54) is 29.5 Å². The average molecular weight is 348 g/mol. The lowest BCUT2D eigenvalue weighted by molar-refractivity contribution is 0.0954. The lowest BCUT2D eigenvalue weighted by atomic mass is 9.95.